The molecule has 2 aliphatic rings. The molecule has 0 aromatic carbocycles. The van der Waals surface area contributed by atoms with E-state index in [0.717, 1.165) is 11.3 Å². The zero-order chi connectivity index (χ0) is 16.3. The number of ether oxygens (including phenoxy) is 1. The van der Waals surface area contributed by atoms with E-state index in [1.54, 1.807) is 12.2 Å². The first-order valence-electron chi connectivity index (χ1n) is 7.43. The highest BCUT2D eigenvalue weighted by Gasteiger charge is 2.32. The van der Waals surface area contributed by atoms with E-state index in [4.69, 9.17) is 4.74 Å². The second-order valence-corrected chi connectivity index (χ2v) is 6.34. The Morgan fingerprint density at radius 2 is 2.09 bits per heavy atom. The highest BCUT2D eigenvalue weighted by molar-refractivity contribution is 6.11. The van der Waals surface area contributed by atoms with Gasteiger partial charge in [0.25, 0.3) is 5.91 Å². The van der Waals surface area contributed by atoms with Gasteiger partial charge in [0.2, 0.25) is 5.91 Å². The number of nitrogens with zero attached hydrogens (tertiary/aromatic N) is 1. The third-order valence-corrected chi connectivity index (χ3v) is 3.54. The summed E-state index contributed by atoms with van der Waals surface area (Å²) in [5.74, 6) is -0.438. The van der Waals surface area contributed by atoms with Gasteiger partial charge in [-0.05, 0) is 30.1 Å². The van der Waals surface area contributed by atoms with E-state index >= 15 is 0 Å². The molecule has 2 amide bonds. The molecule has 1 heterocycles. The van der Waals surface area contributed by atoms with Gasteiger partial charge in [0.05, 0.1) is 5.71 Å². The van der Waals surface area contributed by atoms with Crippen molar-refractivity contribution in [3.63, 3.8) is 0 Å². The van der Waals surface area contributed by atoms with E-state index in [1.807, 2.05) is 19.1 Å². The van der Waals surface area contributed by atoms with Crippen LogP contribution in [0, 0.1) is 11.3 Å². The number of aliphatic imine (C=N–C) groups is 1. The standard InChI is InChI=1S/C17H22N2O3/c1-5-22-10-16(21)18-11-6-7-12-13(17(2,3)4)9-15(20)19-14(12)8-11/h6-9,12H,5,10H2,1-4H3,(H,19,20). The Morgan fingerprint density at radius 1 is 1.36 bits per heavy atom. The van der Waals surface area contributed by atoms with Gasteiger partial charge in [-0.25, -0.2) is 4.99 Å². The molecule has 0 bridgehead atoms. The van der Waals surface area contributed by atoms with Gasteiger partial charge in [0, 0.05) is 24.3 Å². The Bertz CT molecular complexity index is 604. The van der Waals surface area contributed by atoms with Gasteiger partial charge in [-0.2, -0.15) is 0 Å². The molecule has 0 spiro atoms. The number of carbonyl (C=O) groups excluding carboxylic acids is 2. The molecular formula is C17H22N2O3. The average Bonchev–Trinajstić information content (AvgIpc) is 2.42. The lowest BCUT2D eigenvalue weighted by Crippen LogP contribution is -2.36. The Morgan fingerprint density at radius 3 is 2.73 bits per heavy atom. The van der Waals surface area contributed by atoms with Crippen LogP contribution in [0.25, 0.3) is 0 Å². The van der Waals surface area contributed by atoms with E-state index in [-0.39, 0.29) is 29.8 Å². The van der Waals surface area contributed by atoms with E-state index in [2.05, 4.69) is 31.1 Å². The lowest BCUT2D eigenvalue weighted by Gasteiger charge is -2.34. The number of hydrogen-bond acceptors (Lipinski definition) is 3. The predicted octanol–water partition coefficient (Wildman–Crippen LogP) is 2.16. The Balaban J connectivity index is 2.24. The van der Waals surface area contributed by atoms with Crippen molar-refractivity contribution in [3.8, 4) is 0 Å². The fourth-order valence-electron chi connectivity index (χ4n) is 2.51. The van der Waals surface area contributed by atoms with Crippen molar-refractivity contribution in [2.75, 3.05) is 13.2 Å². The second kappa shape index (κ2) is 6.40. The van der Waals surface area contributed by atoms with Gasteiger partial charge in [-0.1, -0.05) is 26.8 Å². The maximum atomic E-state index is 11.9. The summed E-state index contributed by atoms with van der Waals surface area (Å²) in [6.45, 7) is 8.52. The monoisotopic (exact) mass is 302 g/mol. The van der Waals surface area contributed by atoms with Crippen molar-refractivity contribution < 1.29 is 14.3 Å². The van der Waals surface area contributed by atoms with Crippen LogP contribution in [-0.4, -0.2) is 30.7 Å². The molecule has 0 aromatic heterocycles. The lowest BCUT2D eigenvalue weighted by molar-refractivity contribution is -0.122. The number of hydrogen-bond donors (Lipinski definition) is 1. The zero-order valence-corrected chi connectivity index (χ0v) is 13.5. The number of fused-ring (bicyclic) bond motifs is 1. The van der Waals surface area contributed by atoms with E-state index < -0.39 is 0 Å². The molecule has 1 aliphatic heterocycles. The molecule has 1 unspecified atom stereocenters. The first kappa shape index (κ1) is 16.4. The topological polar surface area (TPSA) is 67.8 Å². The van der Waals surface area contributed by atoms with Gasteiger partial charge in [0.1, 0.15) is 6.61 Å². The molecule has 0 aromatic rings. The first-order valence-corrected chi connectivity index (χ1v) is 7.43. The molecule has 1 atom stereocenters. The highest BCUT2D eigenvalue weighted by atomic mass is 16.5. The molecule has 1 N–H and O–H groups in total. The molecule has 0 fully saturated rings. The molecule has 22 heavy (non-hydrogen) atoms. The van der Waals surface area contributed by atoms with E-state index in [1.165, 1.54) is 0 Å². The van der Waals surface area contributed by atoms with Crippen molar-refractivity contribution in [2.45, 2.75) is 27.7 Å². The molecule has 0 saturated heterocycles. The largest absolute Gasteiger partial charge is 0.372 e. The number of amides is 2. The third-order valence-electron chi connectivity index (χ3n) is 3.54. The van der Waals surface area contributed by atoms with Gasteiger partial charge >= 0.3 is 0 Å². The Kier molecular flexibility index (Phi) is 4.76. The number of rotatable bonds is 3. The van der Waals surface area contributed by atoms with Gasteiger partial charge < -0.3 is 10.1 Å². The van der Waals surface area contributed by atoms with Crippen molar-refractivity contribution in [2.24, 2.45) is 16.3 Å². The van der Waals surface area contributed by atoms with Crippen LogP contribution in [0.1, 0.15) is 27.7 Å². The van der Waals surface area contributed by atoms with Gasteiger partial charge in [-0.3, -0.25) is 9.59 Å². The van der Waals surface area contributed by atoms with Gasteiger partial charge in [0.15, 0.2) is 0 Å². The molecule has 118 valence electrons. The summed E-state index contributed by atoms with van der Waals surface area (Å²) in [6, 6.07) is 0. The summed E-state index contributed by atoms with van der Waals surface area (Å²) in [6.07, 6.45) is 7.20. The predicted molar refractivity (Wildman–Crippen MR) is 85.3 cm³/mol. The molecule has 0 radical (unpaired) electrons. The number of allylic oxidation sites excluding steroid dienone is 3. The molecule has 2 rings (SSSR count). The first-order chi connectivity index (χ1) is 10.3. The summed E-state index contributed by atoms with van der Waals surface area (Å²) < 4.78 is 5.04. The lowest BCUT2D eigenvalue weighted by atomic mass is 9.74. The maximum absolute atomic E-state index is 11.9. The quantitative estimate of drug-likeness (QED) is 0.868. The van der Waals surface area contributed by atoms with Crippen LogP contribution in [0.5, 0.6) is 0 Å². The van der Waals surface area contributed by atoms with E-state index in [9.17, 15) is 9.59 Å². The molecular weight excluding hydrogens is 280 g/mol. The van der Waals surface area contributed by atoms with Crippen molar-refractivity contribution in [1.29, 1.82) is 0 Å². The summed E-state index contributed by atoms with van der Waals surface area (Å²) in [4.78, 5) is 27.5. The fourth-order valence-corrected chi connectivity index (χ4v) is 2.51. The minimum Gasteiger partial charge on any atom is -0.372 e. The van der Waals surface area contributed by atoms with Crippen LogP contribution in [0.2, 0.25) is 0 Å². The minimum atomic E-state index is -0.328. The van der Waals surface area contributed by atoms with Crippen LogP contribution in [0.4, 0.5) is 0 Å². The second-order valence-electron chi connectivity index (χ2n) is 6.34. The van der Waals surface area contributed by atoms with Crippen LogP contribution in [-0.2, 0) is 14.3 Å². The molecule has 5 nitrogen and oxygen atoms in total. The average molecular weight is 302 g/mol. The SMILES string of the molecule is CCOCC(=O)N=C1C=CC2C(=C1)NC(=O)C=C2C(C)(C)C. The normalized spacial score (nSPS) is 22.8. The highest BCUT2D eigenvalue weighted by Crippen LogP contribution is 2.38. The van der Waals surface area contributed by atoms with Gasteiger partial charge in [-0.15, -0.1) is 0 Å². The Hall–Kier alpha value is -2.01. The van der Waals surface area contributed by atoms with Crippen LogP contribution < -0.4 is 5.32 Å². The molecule has 0 saturated carbocycles. The van der Waals surface area contributed by atoms with Crippen molar-refractivity contribution in [1.82, 2.24) is 5.32 Å². The summed E-state index contributed by atoms with van der Waals surface area (Å²) in [5, 5.41) is 2.84. The number of carbonyl (C=O) groups is 2. The minimum absolute atomic E-state index is 0.0265. The van der Waals surface area contributed by atoms with E-state index in [0.29, 0.717) is 12.3 Å². The van der Waals surface area contributed by atoms with Crippen molar-refractivity contribution >= 4 is 17.5 Å². The molecule has 1 aliphatic carbocycles. The van der Waals surface area contributed by atoms with Crippen LogP contribution >= 0.6 is 0 Å². The van der Waals surface area contributed by atoms with Crippen LogP contribution in [0.3, 0.4) is 0 Å². The third kappa shape index (κ3) is 3.80. The zero-order valence-electron chi connectivity index (χ0n) is 13.5. The maximum Gasteiger partial charge on any atom is 0.272 e. The fraction of sp³-hybridized carbons (Fsp3) is 0.471. The summed E-state index contributed by atoms with van der Waals surface area (Å²) >= 11 is 0. The smallest absolute Gasteiger partial charge is 0.272 e. The van der Waals surface area contributed by atoms with Crippen LogP contribution in [0.15, 0.2) is 40.6 Å². The van der Waals surface area contributed by atoms with Crippen molar-refractivity contribution in [3.05, 3.63) is 35.6 Å². The summed E-state index contributed by atoms with van der Waals surface area (Å²) in [7, 11) is 0. The Labute approximate surface area is 130 Å². The molecule has 5 heteroatoms. The summed E-state index contributed by atoms with van der Waals surface area (Å²) in [5.41, 5.74) is 2.25. The number of nitrogens with one attached hydrogen (secondary N) is 1.